The molecule has 0 bridgehead atoms. The molecule has 1 N–H and O–H groups in total. The molecule has 0 radical (unpaired) electrons. The molecular formula is C19H18N8O3. The van der Waals surface area contributed by atoms with Crippen molar-refractivity contribution in [2.45, 2.75) is 12.0 Å². The third kappa shape index (κ3) is 3.14. The van der Waals surface area contributed by atoms with E-state index in [0.29, 0.717) is 18.0 Å². The maximum Gasteiger partial charge on any atom is 0.276 e. The molecule has 152 valence electrons. The Morgan fingerprint density at radius 1 is 1.17 bits per heavy atom. The highest BCUT2D eigenvalue weighted by Gasteiger charge is 2.47. The Kier molecular flexibility index (Phi) is 4.17. The maximum absolute atomic E-state index is 12.6. The minimum atomic E-state index is -1.09. The predicted octanol–water partition coefficient (Wildman–Crippen LogP) is 0.318. The lowest BCUT2D eigenvalue weighted by molar-refractivity contribution is -0.0915. The first kappa shape index (κ1) is 18.2. The molecule has 4 aromatic rings. The summed E-state index contributed by atoms with van der Waals surface area (Å²) in [6, 6.07) is 5.42. The summed E-state index contributed by atoms with van der Waals surface area (Å²) in [5.74, 6) is 0.100. The van der Waals surface area contributed by atoms with Crippen molar-refractivity contribution in [2.24, 2.45) is 7.05 Å². The van der Waals surface area contributed by atoms with Gasteiger partial charge in [-0.1, -0.05) is 0 Å². The lowest BCUT2D eigenvalue weighted by atomic mass is 9.90. The van der Waals surface area contributed by atoms with Gasteiger partial charge >= 0.3 is 0 Å². The largest absolute Gasteiger partial charge is 0.448 e. The van der Waals surface area contributed by atoms with E-state index in [1.807, 2.05) is 12.1 Å². The average Bonchev–Trinajstić information content (AvgIpc) is 3.48. The van der Waals surface area contributed by atoms with E-state index < -0.39 is 5.60 Å². The molecule has 0 spiro atoms. The zero-order valence-corrected chi connectivity index (χ0v) is 16.1. The van der Waals surface area contributed by atoms with Crippen molar-refractivity contribution in [3.63, 3.8) is 0 Å². The lowest BCUT2D eigenvalue weighted by Gasteiger charge is -2.45. The van der Waals surface area contributed by atoms with Crippen LogP contribution in [0, 0.1) is 0 Å². The van der Waals surface area contributed by atoms with Gasteiger partial charge in [0.05, 0.1) is 43.8 Å². The highest BCUT2D eigenvalue weighted by molar-refractivity contribution is 5.92. The van der Waals surface area contributed by atoms with E-state index in [2.05, 4.69) is 25.3 Å². The predicted molar refractivity (Wildman–Crippen MR) is 101 cm³/mol. The number of aromatic nitrogens is 7. The minimum Gasteiger partial charge on any atom is -0.448 e. The Hall–Kier alpha value is -3.86. The van der Waals surface area contributed by atoms with Gasteiger partial charge in [0.2, 0.25) is 5.89 Å². The van der Waals surface area contributed by atoms with E-state index in [0.717, 1.165) is 11.4 Å². The number of aliphatic hydroxyl groups is 1. The number of aryl methyl sites for hydroxylation is 1. The fraction of sp³-hybridized carbons (Fsp3) is 0.263. The van der Waals surface area contributed by atoms with E-state index in [-0.39, 0.29) is 24.7 Å². The standard InChI is InChI=1S/C19H18N8O3/c1-25-16(4-5-21-25)19(29)11-26(12-19)18(28)15-10-30-17(24-15)8-13-2-3-14(9-20-13)27-22-6-7-23-27/h2-7,9-10,29H,8,11-12H2,1H3. The van der Waals surface area contributed by atoms with Crippen LogP contribution < -0.4 is 0 Å². The van der Waals surface area contributed by atoms with Gasteiger partial charge in [-0.15, -0.1) is 0 Å². The number of hydrogen-bond acceptors (Lipinski definition) is 8. The zero-order chi connectivity index (χ0) is 20.7. The Bertz CT molecular complexity index is 1170. The molecule has 5 rings (SSSR count). The monoisotopic (exact) mass is 406 g/mol. The molecule has 1 aliphatic rings. The molecule has 1 amide bonds. The topological polar surface area (TPSA) is 128 Å². The number of rotatable bonds is 5. The van der Waals surface area contributed by atoms with Gasteiger partial charge in [-0.05, 0) is 18.2 Å². The normalized spacial score (nSPS) is 15.2. The summed E-state index contributed by atoms with van der Waals surface area (Å²) in [6.45, 7) is 0.357. The fourth-order valence-corrected chi connectivity index (χ4v) is 3.52. The molecule has 4 aromatic heterocycles. The molecule has 30 heavy (non-hydrogen) atoms. The number of likely N-dealkylation sites (tertiary alicyclic amines) is 1. The molecular weight excluding hydrogens is 388 g/mol. The van der Waals surface area contributed by atoms with E-state index >= 15 is 0 Å². The molecule has 1 fully saturated rings. The van der Waals surface area contributed by atoms with Gasteiger partial charge < -0.3 is 14.4 Å². The van der Waals surface area contributed by atoms with Gasteiger partial charge in [0, 0.05) is 18.9 Å². The first-order valence-electron chi connectivity index (χ1n) is 9.28. The summed E-state index contributed by atoms with van der Waals surface area (Å²) in [6.07, 6.45) is 8.14. The summed E-state index contributed by atoms with van der Waals surface area (Å²) >= 11 is 0. The fourth-order valence-electron chi connectivity index (χ4n) is 3.52. The SMILES string of the molecule is Cn1nccc1C1(O)CN(C(=O)c2coc(Cc3ccc(-n4nccn4)cn3)n2)C1. The average molecular weight is 406 g/mol. The van der Waals surface area contributed by atoms with E-state index in [4.69, 9.17) is 4.42 Å². The van der Waals surface area contributed by atoms with Crippen LogP contribution in [0.3, 0.4) is 0 Å². The molecule has 0 unspecified atom stereocenters. The van der Waals surface area contributed by atoms with E-state index in [1.54, 1.807) is 42.6 Å². The second-order valence-electron chi connectivity index (χ2n) is 7.16. The van der Waals surface area contributed by atoms with Crippen molar-refractivity contribution in [3.05, 3.63) is 72.2 Å². The number of β-amino-alcohol motifs (C(OH)–C–C–N with tert-alkyl or cyclic N) is 1. The van der Waals surface area contributed by atoms with Crippen LogP contribution in [0.1, 0.15) is 27.8 Å². The molecule has 1 aliphatic heterocycles. The smallest absolute Gasteiger partial charge is 0.276 e. The first-order valence-corrected chi connectivity index (χ1v) is 9.28. The molecule has 1 saturated heterocycles. The van der Waals surface area contributed by atoms with Crippen molar-refractivity contribution in [1.82, 2.24) is 39.6 Å². The number of oxazole rings is 1. The molecule has 0 saturated carbocycles. The third-order valence-electron chi connectivity index (χ3n) is 5.05. The Morgan fingerprint density at radius 2 is 1.97 bits per heavy atom. The molecule has 11 nitrogen and oxygen atoms in total. The summed E-state index contributed by atoms with van der Waals surface area (Å²) in [5, 5.41) is 22.9. The number of carbonyl (C=O) groups excluding carboxylic acids is 1. The number of nitrogens with zero attached hydrogens (tertiary/aromatic N) is 8. The maximum atomic E-state index is 12.6. The van der Waals surface area contributed by atoms with Gasteiger partial charge in [0.25, 0.3) is 5.91 Å². The first-order chi connectivity index (χ1) is 14.5. The molecule has 11 heteroatoms. The molecule has 0 aromatic carbocycles. The van der Waals surface area contributed by atoms with E-state index in [9.17, 15) is 9.90 Å². The highest BCUT2D eigenvalue weighted by atomic mass is 16.3. The quantitative estimate of drug-likeness (QED) is 0.502. The molecule has 0 aliphatic carbocycles. The molecule has 5 heterocycles. The van der Waals surface area contributed by atoms with Crippen molar-refractivity contribution in [3.8, 4) is 5.69 Å². The summed E-state index contributed by atoms with van der Waals surface area (Å²) in [7, 11) is 1.76. The Labute approximate surface area is 170 Å². The van der Waals surface area contributed by atoms with Gasteiger partial charge in [-0.25, -0.2) is 4.98 Å². The van der Waals surface area contributed by atoms with Crippen molar-refractivity contribution >= 4 is 5.91 Å². The van der Waals surface area contributed by atoms with Crippen LogP contribution in [0.15, 0.2) is 53.7 Å². The Morgan fingerprint density at radius 3 is 2.63 bits per heavy atom. The van der Waals surface area contributed by atoms with Gasteiger partial charge in [0.15, 0.2) is 5.69 Å². The van der Waals surface area contributed by atoms with Crippen LogP contribution in [0.25, 0.3) is 5.69 Å². The van der Waals surface area contributed by atoms with Crippen molar-refractivity contribution < 1.29 is 14.3 Å². The van der Waals surface area contributed by atoms with Crippen LogP contribution >= 0.6 is 0 Å². The van der Waals surface area contributed by atoms with Crippen LogP contribution in [-0.2, 0) is 19.1 Å². The molecule has 0 atom stereocenters. The number of amides is 1. The van der Waals surface area contributed by atoms with Gasteiger partial charge in [0.1, 0.15) is 17.6 Å². The van der Waals surface area contributed by atoms with Crippen LogP contribution in [-0.4, -0.2) is 63.7 Å². The van der Waals surface area contributed by atoms with Crippen LogP contribution in [0.4, 0.5) is 0 Å². The van der Waals surface area contributed by atoms with Crippen LogP contribution in [0.5, 0.6) is 0 Å². The van der Waals surface area contributed by atoms with Gasteiger partial charge in [-0.2, -0.15) is 20.1 Å². The third-order valence-corrected chi connectivity index (χ3v) is 5.05. The van der Waals surface area contributed by atoms with Crippen molar-refractivity contribution in [2.75, 3.05) is 13.1 Å². The second kappa shape index (κ2) is 6.88. The van der Waals surface area contributed by atoms with E-state index in [1.165, 1.54) is 16.0 Å². The lowest BCUT2D eigenvalue weighted by Crippen LogP contribution is -2.61. The minimum absolute atomic E-state index is 0.179. The summed E-state index contributed by atoms with van der Waals surface area (Å²) < 4.78 is 7.06. The van der Waals surface area contributed by atoms with Crippen LogP contribution in [0.2, 0.25) is 0 Å². The zero-order valence-electron chi connectivity index (χ0n) is 16.1. The number of hydrogen-bond donors (Lipinski definition) is 1. The summed E-state index contributed by atoms with van der Waals surface area (Å²) in [5.41, 5.74) is 1.26. The number of carbonyl (C=O) groups is 1. The number of pyridine rings is 1. The summed E-state index contributed by atoms with van der Waals surface area (Å²) in [4.78, 5) is 24.3. The second-order valence-corrected chi connectivity index (χ2v) is 7.16. The Balaban J connectivity index is 1.23. The van der Waals surface area contributed by atoms with Gasteiger partial charge in [-0.3, -0.25) is 14.5 Å². The van der Waals surface area contributed by atoms with Crippen molar-refractivity contribution in [1.29, 1.82) is 0 Å². The highest BCUT2D eigenvalue weighted by Crippen LogP contribution is 2.32.